The highest BCUT2D eigenvalue weighted by molar-refractivity contribution is 8.26. The molecule has 0 aromatic heterocycles. The number of carboxylic acid groups (broad SMARTS) is 1. The Labute approximate surface area is 179 Å². The molecule has 0 radical (unpaired) electrons. The number of methoxy groups -OCH3 is 1. The van der Waals surface area contributed by atoms with Crippen molar-refractivity contribution in [2.45, 2.75) is 38.6 Å². The summed E-state index contributed by atoms with van der Waals surface area (Å²) in [5, 5.41) is 11.7. The van der Waals surface area contributed by atoms with E-state index in [1.54, 1.807) is 25.3 Å². The summed E-state index contributed by atoms with van der Waals surface area (Å²) in [6, 6.07) is 6.36. The number of benzene rings is 1. The minimum Gasteiger partial charge on any atom is -0.497 e. The number of unbranched alkanes of at least 4 members (excludes halogenated alkanes) is 1. The lowest BCUT2D eigenvalue weighted by Gasteiger charge is -2.17. The van der Waals surface area contributed by atoms with Crippen LogP contribution in [0, 0.1) is 0 Å². The van der Waals surface area contributed by atoms with E-state index in [2.05, 4.69) is 5.32 Å². The molecule has 7 nitrogen and oxygen atoms in total. The number of hydrogen-bond acceptors (Lipinski definition) is 6. The number of ether oxygens (including phenoxy) is 1. The largest absolute Gasteiger partial charge is 0.497 e. The number of nitrogens with zero attached hydrogens (tertiary/aromatic N) is 1. The number of carbonyl (C=O) groups excluding carboxylic acids is 2. The summed E-state index contributed by atoms with van der Waals surface area (Å²) in [5.74, 6) is -1.01. The van der Waals surface area contributed by atoms with Crippen LogP contribution in [0.4, 0.5) is 0 Å². The average Bonchev–Trinajstić information content (AvgIpc) is 2.96. The van der Waals surface area contributed by atoms with Crippen LogP contribution in [0.2, 0.25) is 0 Å². The second-order valence-corrected chi connectivity index (χ2v) is 8.13. The Bertz CT molecular complexity index is 808. The fourth-order valence-electron chi connectivity index (χ4n) is 2.69. The first-order chi connectivity index (χ1) is 13.8. The van der Waals surface area contributed by atoms with Gasteiger partial charge in [0.15, 0.2) is 0 Å². The Morgan fingerprint density at radius 2 is 2.03 bits per heavy atom. The van der Waals surface area contributed by atoms with Crippen molar-refractivity contribution in [3.63, 3.8) is 0 Å². The van der Waals surface area contributed by atoms with Crippen molar-refractivity contribution in [3.8, 4) is 5.75 Å². The lowest BCUT2D eigenvalue weighted by Crippen LogP contribution is -2.42. The van der Waals surface area contributed by atoms with Gasteiger partial charge in [-0.1, -0.05) is 55.9 Å². The third kappa shape index (κ3) is 6.57. The molecule has 1 aromatic carbocycles. The van der Waals surface area contributed by atoms with Crippen molar-refractivity contribution in [2.24, 2.45) is 0 Å². The van der Waals surface area contributed by atoms with Crippen LogP contribution in [0.3, 0.4) is 0 Å². The molecule has 1 aromatic rings. The van der Waals surface area contributed by atoms with Crippen LogP contribution in [0.15, 0.2) is 29.2 Å². The zero-order valence-electron chi connectivity index (χ0n) is 16.3. The summed E-state index contributed by atoms with van der Waals surface area (Å²) in [5.41, 5.74) is 0.837. The molecule has 2 N–H and O–H groups in total. The number of nitrogens with one attached hydrogen (secondary N) is 1. The van der Waals surface area contributed by atoms with Gasteiger partial charge in [0.05, 0.1) is 12.0 Å². The standard InChI is InChI=1S/C20H24N2O5S2/c1-3-4-5-15(19(25)26)21-17(23)10-11-22-18(24)16(29-20(22)28)12-13-6-8-14(27-2)9-7-13/h6-9,12,15H,3-5,10-11H2,1-2H3,(H,21,23)(H,25,26)/b16-12+/t15-/m0/s1. The quantitative estimate of drug-likeness (QED) is 0.430. The SMILES string of the molecule is CCCC[C@H](NC(=O)CCN1C(=O)/C(=C\c2ccc(OC)cc2)SC1=S)C(=O)O. The Morgan fingerprint density at radius 3 is 2.62 bits per heavy atom. The third-order valence-electron chi connectivity index (χ3n) is 4.33. The van der Waals surface area contributed by atoms with Gasteiger partial charge in [0.25, 0.3) is 5.91 Å². The van der Waals surface area contributed by atoms with E-state index in [0.29, 0.717) is 22.1 Å². The van der Waals surface area contributed by atoms with E-state index in [-0.39, 0.29) is 18.9 Å². The monoisotopic (exact) mass is 436 g/mol. The highest BCUT2D eigenvalue weighted by Crippen LogP contribution is 2.32. The smallest absolute Gasteiger partial charge is 0.326 e. The Kier molecular flexibility index (Phi) is 8.66. The molecule has 2 amide bonds. The molecule has 1 aliphatic heterocycles. The van der Waals surface area contributed by atoms with Crippen LogP contribution < -0.4 is 10.1 Å². The van der Waals surface area contributed by atoms with Crippen molar-refractivity contribution >= 4 is 52.2 Å². The number of carbonyl (C=O) groups is 3. The molecular formula is C20H24N2O5S2. The number of thioether (sulfide) groups is 1. The predicted molar refractivity (Wildman–Crippen MR) is 117 cm³/mol. The van der Waals surface area contributed by atoms with Crippen LogP contribution in [0.1, 0.15) is 38.2 Å². The maximum Gasteiger partial charge on any atom is 0.326 e. The minimum atomic E-state index is -1.06. The summed E-state index contributed by atoms with van der Waals surface area (Å²) in [6.07, 6.45) is 3.66. The first-order valence-corrected chi connectivity index (χ1v) is 10.5. The summed E-state index contributed by atoms with van der Waals surface area (Å²) in [7, 11) is 1.58. The number of rotatable bonds is 10. The first kappa shape index (κ1) is 22.9. The maximum absolute atomic E-state index is 12.6. The summed E-state index contributed by atoms with van der Waals surface area (Å²) in [6.45, 7) is 2.06. The third-order valence-corrected chi connectivity index (χ3v) is 5.71. The topological polar surface area (TPSA) is 95.9 Å². The normalized spacial score (nSPS) is 16.2. The van der Waals surface area contributed by atoms with Gasteiger partial charge in [-0.15, -0.1) is 0 Å². The molecule has 0 spiro atoms. The molecule has 1 fully saturated rings. The van der Waals surface area contributed by atoms with E-state index in [9.17, 15) is 19.5 Å². The van der Waals surface area contributed by atoms with Crippen LogP contribution in [-0.4, -0.2) is 51.8 Å². The van der Waals surface area contributed by atoms with Gasteiger partial charge in [0, 0.05) is 13.0 Å². The van der Waals surface area contributed by atoms with Crippen LogP contribution in [-0.2, 0) is 14.4 Å². The molecule has 1 saturated heterocycles. The van der Waals surface area contributed by atoms with E-state index in [0.717, 1.165) is 17.7 Å². The molecule has 2 rings (SSSR count). The predicted octanol–water partition coefficient (Wildman–Crippen LogP) is 3.05. The molecule has 9 heteroatoms. The zero-order chi connectivity index (χ0) is 21.4. The van der Waals surface area contributed by atoms with Gasteiger partial charge in [0.2, 0.25) is 5.91 Å². The number of hydrogen-bond donors (Lipinski definition) is 2. The number of carboxylic acids is 1. The summed E-state index contributed by atoms with van der Waals surface area (Å²) in [4.78, 5) is 37.9. The van der Waals surface area contributed by atoms with Gasteiger partial charge in [-0.25, -0.2) is 4.79 Å². The van der Waals surface area contributed by atoms with Gasteiger partial charge in [-0.05, 0) is 30.2 Å². The molecular weight excluding hydrogens is 412 g/mol. The van der Waals surface area contributed by atoms with E-state index in [1.807, 2.05) is 19.1 Å². The van der Waals surface area contributed by atoms with Crippen molar-refractivity contribution in [1.29, 1.82) is 0 Å². The number of aliphatic carboxylic acids is 1. The van der Waals surface area contributed by atoms with Gasteiger partial charge >= 0.3 is 5.97 Å². The van der Waals surface area contributed by atoms with E-state index < -0.39 is 17.9 Å². The molecule has 1 aliphatic rings. The minimum absolute atomic E-state index is 0.0157. The molecule has 1 heterocycles. The molecule has 0 unspecified atom stereocenters. The molecule has 0 saturated carbocycles. The van der Waals surface area contributed by atoms with E-state index in [4.69, 9.17) is 17.0 Å². The van der Waals surface area contributed by atoms with Crippen LogP contribution in [0.25, 0.3) is 6.08 Å². The fraction of sp³-hybridized carbons (Fsp3) is 0.400. The summed E-state index contributed by atoms with van der Waals surface area (Å²) >= 11 is 6.45. The fourth-order valence-corrected chi connectivity index (χ4v) is 4.00. The second kappa shape index (κ2) is 11.0. The lowest BCUT2D eigenvalue weighted by molar-refractivity contribution is -0.142. The highest BCUT2D eigenvalue weighted by Gasteiger charge is 2.32. The molecule has 0 bridgehead atoms. The van der Waals surface area contributed by atoms with Crippen LogP contribution in [0.5, 0.6) is 5.75 Å². The number of amides is 2. The maximum atomic E-state index is 12.6. The highest BCUT2D eigenvalue weighted by atomic mass is 32.2. The second-order valence-electron chi connectivity index (χ2n) is 6.46. The molecule has 0 aliphatic carbocycles. The number of thiocarbonyl (C=S) groups is 1. The van der Waals surface area contributed by atoms with Crippen molar-refractivity contribution in [3.05, 3.63) is 34.7 Å². The lowest BCUT2D eigenvalue weighted by atomic mass is 10.1. The van der Waals surface area contributed by atoms with E-state index in [1.165, 1.54) is 16.7 Å². The van der Waals surface area contributed by atoms with E-state index >= 15 is 0 Å². The van der Waals surface area contributed by atoms with Gasteiger partial charge in [-0.3, -0.25) is 14.5 Å². The van der Waals surface area contributed by atoms with Crippen molar-refractivity contribution in [1.82, 2.24) is 10.2 Å². The Hall–Kier alpha value is -2.39. The first-order valence-electron chi connectivity index (χ1n) is 9.27. The Morgan fingerprint density at radius 1 is 1.34 bits per heavy atom. The molecule has 29 heavy (non-hydrogen) atoms. The van der Waals surface area contributed by atoms with Crippen molar-refractivity contribution in [2.75, 3.05) is 13.7 Å². The van der Waals surface area contributed by atoms with Gasteiger partial charge in [0.1, 0.15) is 16.1 Å². The molecule has 1 atom stereocenters. The zero-order valence-corrected chi connectivity index (χ0v) is 18.0. The van der Waals surface area contributed by atoms with Gasteiger partial charge in [-0.2, -0.15) is 0 Å². The molecule has 156 valence electrons. The van der Waals surface area contributed by atoms with Gasteiger partial charge < -0.3 is 15.2 Å². The Balaban J connectivity index is 1.94. The average molecular weight is 437 g/mol. The summed E-state index contributed by atoms with van der Waals surface area (Å²) < 4.78 is 5.49. The van der Waals surface area contributed by atoms with Crippen molar-refractivity contribution < 1.29 is 24.2 Å². The van der Waals surface area contributed by atoms with Crippen LogP contribution >= 0.6 is 24.0 Å².